The molecule has 3 aromatic rings. The first-order valence-corrected chi connectivity index (χ1v) is 7.06. The van der Waals surface area contributed by atoms with Crippen LogP contribution in [0.25, 0.3) is 21.6 Å². The molecule has 0 aliphatic carbocycles. The van der Waals surface area contributed by atoms with Gasteiger partial charge in [-0.2, -0.15) is 0 Å². The quantitative estimate of drug-likeness (QED) is 0.573. The van der Waals surface area contributed by atoms with E-state index in [4.69, 9.17) is 5.84 Å². The van der Waals surface area contributed by atoms with Crippen molar-refractivity contribution in [3.05, 3.63) is 41.0 Å². The number of aryl methyl sites for hydroxylation is 1. The molecule has 0 unspecified atom stereocenters. The van der Waals surface area contributed by atoms with E-state index in [-0.39, 0.29) is 5.82 Å². The molecule has 0 bridgehead atoms. The molecule has 0 aliphatic heterocycles. The molecule has 0 atom stereocenters. The molecule has 4 nitrogen and oxygen atoms in total. The first-order valence-electron chi connectivity index (χ1n) is 6.24. The van der Waals surface area contributed by atoms with Crippen LogP contribution in [-0.4, -0.2) is 9.97 Å². The standard InChI is InChI=1S/C14H13FN4S/c1-2-10-7-11-13(19-16)17-12(18-14(11)20-10)8-4-3-5-9(15)6-8/h3-7H,2,16H2,1H3,(H,17,18,19). The topological polar surface area (TPSA) is 63.8 Å². The van der Waals surface area contributed by atoms with Gasteiger partial charge in [0.15, 0.2) is 11.6 Å². The van der Waals surface area contributed by atoms with Crippen molar-refractivity contribution in [3.8, 4) is 11.4 Å². The van der Waals surface area contributed by atoms with Gasteiger partial charge in [0.05, 0.1) is 5.39 Å². The molecule has 3 rings (SSSR count). The van der Waals surface area contributed by atoms with E-state index >= 15 is 0 Å². The number of hydrogen-bond donors (Lipinski definition) is 2. The Hall–Kier alpha value is -2.05. The molecule has 3 N–H and O–H groups in total. The molecular weight excluding hydrogens is 275 g/mol. The number of aromatic nitrogens is 2. The van der Waals surface area contributed by atoms with Gasteiger partial charge in [-0.05, 0) is 24.6 Å². The molecule has 2 aromatic heterocycles. The van der Waals surface area contributed by atoms with Crippen LogP contribution < -0.4 is 11.3 Å². The number of benzene rings is 1. The molecule has 2 heterocycles. The highest BCUT2D eigenvalue weighted by molar-refractivity contribution is 7.18. The summed E-state index contributed by atoms with van der Waals surface area (Å²) in [5.74, 6) is 6.25. The maximum absolute atomic E-state index is 13.3. The highest BCUT2D eigenvalue weighted by atomic mass is 32.1. The van der Waals surface area contributed by atoms with Crippen molar-refractivity contribution in [1.29, 1.82) is 0 Å². The number of halogens is 1. The lowest BCUT2D eigenvalue weighted by Crippen LogP contribution is -2.09. The van der Waals surface area contributed by atoms with Crippen LogP contribution in [0.15, 0.2) is 30.3 Å². The third kappa shape index (κ3) is 2.23. The number of hydrazine groups is 1. The predicted molar refractivity (Wildman–Crippen MR) is 80.0 cm³/mol. The first-order chi connectivity index (χ1) is 9.71. The zero-order chi connectivity index (χ0) is 14.1. The lowest BCUT2D eigenvalue weighted by Gasteiger charge is -2.05. The molecule has 0 radical (unpaired) electrons. The van der Waals surface area contributed by atoms with Gasteiger partial charge in [0.25, 0.3) is 0 Å². The Balaban J connectivity index is 2.21. The van der Waals surface area contributed by atoms with E-state index in [0.29, 0.717) is 17.2 Å². The Labute approximate surface area is 119 Å². The van der Waals surface area contributed by atoms with E-state index in [1.54, 1.807) is 23.5 Å². The SMILES string of the molecule is CCc1cc2c(NN)nc(-c3cccc(F)c3)nc2s1. The maximum Gasteiger partial charge on any atom is 0.163 e. The second kappa shape index (κ2) is 5.15. The highest BCUT2D eigenvalue weighted by Crippen LogP contribution is 2.31. The summed E-state index contributed by atoms with van der Waals surface area (Å²) < 4.78 is 13.3. The minimum Gasteiger partial charge on any atom is -0.308 e. The largest absolute Gasteiger partial charge is 0.308 e. The lowest BCUT2D eigenvalue weighted by atomic mass is 10.2. The molecule has 0 spiro atoms. The summed E-state index contributed by atoms with van der Waals surface area (Å²) in [7, 11) is 0. The number of hydrogen-bond acceptors (Lipinski definition) is 5. The fourth-order valence-electron chi connectivity index (χ4n) is 2.01. The van der Waals surface area contributed by atoms with Crippen molar-refractivity contribution in [1.82, 2.24) is 9.97 Å². The normalized spacial score (nSPS) is 10.9. The Kier molecular flexibility index (Phi) is 3.33. The second-order valence-electron chi connectivity index (χ2n) is 4.34. The fraction of sp³-hybridized carbons (Fsp3) is 0.143. The summed E-state index contributed by atoms with van der Waals surface area (Å²) >= 11 is 1.60. The number of nitrogens with zero attached hydrogens (tertiary/aromatic N) is 2. The van der Waals surface area contributed by atoms with E-state index in [0.717, 1.165) is 16.6 Å². The molecule has 102 valence electrons. The average Bonchev–Trinajstić information content (AvgIpc) is 2.89. The Morgan fingerprint density at radius 2 is 2.15 bits per heavy atom. The van der Waals surface area contributed by atoms with Gasteiger partial charge in [0, 0.05) is 10.4 Å². The number of anilines is 1. The summed E-state index contributed by atoms with van der Waals surface area (Å²) in [6.45, 7) is 2.08. The number of nitrogen functional groups attached to an aromatic ring is 1. The van der Waals surface area contributed by atoms with Crippen molar-refractivity contribution in [2.75, 3.05) is 5.43 Å². The van der Waals surface area contributed by atoms with Crippen LogP contribution in [0.3, 0.4) is 0 Å². The predicted octanol–water partition coefficient (Wildman–Crippen LogP) is 3.35. The van der Waals surface area contributed by atoms with Gasteiger partial charge < -0.3 is 5.43 Å². The molecule has 0 saturated carbocycles. The number of nitrogens with two attached hydrogens (primary N) is 1. The summed E-state index contributed by atoms with van der Waals surface area (Å²) in [4.78, 5) is 10.9. The van der Waals surface area contributed by atoms with Crippen molar-refractivity contribution >= 4 is 27.4 Å². The van der Waals surface area contributed by atoms with E-state index < -0.39 is 0 Å². The van der Waals surface area contributed by atoms with E-state index in [1.807, 2.05) is 6.07 Å². The molecular formula is C14H13FN4S. The van der Waals surface area contributed by atoms with E-state index in [9.17, 15) is 4.39 Å². The molecule has 0 aliphatic rings. The van der Waals surface area contributed by atoms with Gasteiger partial charge in [-0.3, -0.25) is 0 Å². The Morgan fingerprint density at radius 1 is 1.30 bits per heavy atom. The first kappa shape index (κ1) is 13.0. The number of thiophene rings is 1. The Bertz CT molecular complexity index is 769. The van der Waals surface area contributed by atoms with Crippen LogP contribution in [0.4, 0.5) is 10.2 Å². The molecule has 0 saturated heterocycles. The lowest BCUT2D eigenvalue weighted by molar-refractivity contribution is 0.628. The van der Waals surface area contributed by atoms with Gasteiger partial charge in [0.2, 0.25) is 0 Å². The van der Waals surface area contributed by atoms with Crippen LogP contribution in [0.5, 0.6) is 0 Å². The number of rotatable bonds is 3. The van der Waals surface area contributed by atoms with Gasteiger partial charge in [-0.1, -0.05) is 19.1 Å². The van der Waals surface area contributed by atoms with E-state index in [2.05, 4.69) is 22.3 Å². The third-order valence-corrected chi connectivity index (χ3v) is 4.19. The Morgan fingerprint density at radius 3 is 2.85 bits per heavy atom. The van der Waals surface area contributed by atoms with Crippen LogP contribution >= 0.6 is 11.3 Å². The summed E-state index contributed by atoms with van der Waals surface area (Å²) in [5.41, 5.74) is 3.23. The molecule has 1 aromatic carbocycles. The van der Waals surface area contributed by atoms with Gasteiger partial charge in [0.1, 0.15) is 10.6 Å². The number of nitrogens with one attached hydrogen (secondary N) is 1. The summed E-state index contributed by atoms with van der Waals surface area (Å²) in [6, 6.07) is 8.25. The van der Waals surface area contributed by atoms with Crippen LogP contribution in [0.1, 0.15) is 11.8 Å². The van der Waals surface area contributed by atoms with Gasteiger partial charge in [-0.25, -0.2) is 20.2 Å². The van der Waals surface area contributed by atoms with Crippen LogP contribution in [0, 0.1) is 5.82 Å². The fourth-order valence-corrected chi connectivity index (χ4v) is 2.98. The summed E-state index contributed by atoms with van der Waals surface area (Å²) in [5, 5.41) is 0.898. The molecule has 0 fully saturated rings. The minimum absolute atomic E-state index is 0.311. The zero-order valence-corrected chi connectivity index (χ0v) is 11.7. The second-order valence-corrected chi connectivity index (χ2v) is 5.45. The van der Waals surface area contributed by atoms with E-state index in [1.165, 1.54) is 17.0 Å². The van der Waals surface area contributed by atoms with Crippen molar-refractivity contribution in [2.24, 2.45) is 5.84 Å². The third-order valence-electron chi connectivity index (χ3n) is 3.01. The maximum atomic E-state index is 13.3. The van der Waals surface area contributed by atoms with Crippen LogP contribution in [0.2, 0.25) is 0 Å². The zero-order valence-electron chi connectivity index (χ0n) is 10.9. The number of fused-ring (bicyclic) bond motifs is 1. The highest BCUT2D eigenvalue weighted by Gasteiger charge is 2.12. The minimum atomic E-state index is -0.311. The average molecular weight is 288 g/mol. The van der Waals surface area contributed by atoms with Gasteiger partial charge in [-0.15, -0.1) is 11.3 Å². The molecule has 20 heavy (non-hydrogen) atoms. The van der Waals surface area contributed by atoms with Crippen molar-refractivity contribution in [3.63, 3.8) is 0 Å². The molecule has 0 amide bonds. The smallest absolute Gasteiger partial charge is 0.163 e. The summed E-state index contributed by atoms with van der Waals surface area (Å²) in [6.07, 6.45) is 0.931. The van der Waals surface area contributed by atoms with Crippen molar-refractivity contribution in [2.45, 2.75) is 13.3 Å². The van der Waals surface area contributed by atoms with Crippen molar-refractivity contribution < 1.29 is 4.39 Å². The monoisotopic (exact) mass is 288 g/mol. The molecule has 6 heteroatoms. The van der Waals surface area contributed by atoms with Gasteiger partial charge >= 0.3 is 0 Å². The van der Waals surface area contributed by atoms with Crippen LogP contribution in [-0.2, 0) is 6.42 Å².